The van der Waals surface area contributed by atoms with Crippen LogP contribution in [-0.2, 0) is 0 Å². The first kappa shape index (κ1) is 10.1. The van der Waals surface area contributed by atoms with E-state index in [9.17, 15) is 8.78 Å². The van der Waals surface area contributed by atoms with Crippen LogP contribution >= 0.6 is 0 Å². The monoisotopic (exact) mass is 229 g/mol. The minimum Gasteiger partial charge on any atom is -0.248 e. The highest BCUT2D eigenvalue weighted by Crippen LogP contribution is 2.26. The highest BCUT2D eigenvalue weighted by atomic mass is 19.2. The lowest BCUT2D eigenvalue weighted by Gasteiger charge is -2.07. The highest BCUT2D eigenvalue weighted by molar-refractivity contribution is 5.97. The van der Waals surface area contributed by atoms with Gasteiger partial charge in [-0.25, -0.2) is 13.8 Å². The van der Waals surface area contributed by atoms with Gasteiger partial charge < -0.3 is 0 Å². The number of halogens is 2. The molecule has 17 heavy (non-hydrogen) atoms. The molecule has 0 radical (unpaired) electrons. The lowest BCUT2D eigenvalue weighted by atomic mass is 10.0. The van der Waals surface area contributed by atoms with Gasteiger partial charge in [-0.15, -0.1) is 0 Å². The molecule has 84 valence electrons. The number of para-hydroxylation sites is 1. The second-order valence-electron chi connectivity index (χ2n) is 4.04. The number of hydrogen-bond donors (Lipinski definition) is 0. The van der Waals surface area contributed by atoms with E-state index in [1.807, 2.05) is 31.2 Å². The molecule has 0 saturated carbocycles. The van der Waals surface area contributed by atoms with E-state index in [0.29, 0.717) is 10.9 Å². The third-order valence-electron chi connectivity index (χ3n) is 2.99. The largest absolute Gasteiger partial charge is 0.248 e. The van der Waals surface area contributed by atoms with E-state index in [2.05, 4.69) is 4.98 Å². The number of benzene rings is 2. The smallest absolute Gasteiger partial charge is 0.161 e. The van der Waals surface area contributed by atoms with Gasteiger partial charge in [0.2, 0.25) is 0 Å². The SMILES string of the molecule is Cc1c2ccccc2nc2cc(F)c(F)cc12. The molecule has 1 heterocycles. The summed E-state index contributed by atoms with van der Waals surface area (Å²) >= 11 is 0. The molecule has 0 atom stereocenters. The molecule has 2 aromatic carbocycles. The van der Waals surface area contributed by atoms with Crippen LogP contribution < -0.4 is 0 Å². The van der Waals surface area contributed by atoms with Crippen LogP contribution in [0.5, 0.6) is 0 Å². The molecule has 0 unspecified atom stereocenters. The molecule has 1 nitrogen and oxygen atoms in total. The number of pyridine rings is 1. The lowest BCUT2D eigenvalue weighted by Crippen LogP contribution is -1.91. The van der Waals surface area contributed by atoms with E-state index < -0.39 is 11.6 Å². The minimum atomic E-state index is -0.861. The van der Waals surface area contributed by atoms with Crippen LogP contribution in [0.4, 0.5) is 8.78 Å². The molecule has 0 aliphatic rings. The van der Waals surface area contributed by atoms with Gasteiger partial charge in [-0.2, -0.15) is 0 Å². The molecule has 3 aromatic rings. The maximum atomic E-state index is 13.2. The first-order valence-electron chi connectivity index (χ1n) is 5.31. The fourth-order valence-electron chi connectivity index (χ4n) is 2.09. The highest BCUT2D eigenvalue weighted by Gasteiger charge is 2.09. The zero-order valence-corrected chi connectivity index (χ0v) is 9.17. The zero-order valence-electron chi connectivity index (χ0n) is 9.17. The summed E-state index contributed by atoms with van der Waals surface area (Å²) in [4.78, 5) is 4.33. The van der Waals surface area contributed by atoms with Crippen molar-refractivity contribution in [3.63, 3.8) is 0 Å². The Kier molecular flexibility index (Phi) is 2.08. The predicted octanol–water partition coefficient (Wildman–Crippen LogP) is 3.97. The Balaban J connectivity index is 2.55. The van der Waals surface area contributed by atoms with E-state index >= 15 is 0 Å². The first-order valence-corrected chi connectivity index (χ1v) is 5.31. The van der Waals surface area contributed by atoms with Crippen molar-refractivity contribution in [2.45, 2.75) is 6.92 Å². The quantitative estimate of drug-likeness (QED) is 0.531. The van der Waals surface area contributed by atoms with Crippen LogP contribution in [0.15, 0.2) is 36.4 Å². The molecule has 0 N–H and O–H groups in total. The maximum Gasteiger partial charge on any atom is 0.161 e. The van der Waals surface area contributed by atoms with E-state index in [1.54, 1.807) is 0 Å². The minimum absolute atomic E-state index is 0.486. The number of aromatic nitrogens is 1. The molecule has 0 aliphatic heterocycles. The second-order valence-corrected chi connectivity index (χ2v) is 4.04. The second kappa shape index (κ2) is 3.48. The lowest BCUT2D eigenvalue weighted by molar-refractivity contribution is 0.510. The summed E-state index contributed by atoms with van der Waals surface area (Å²) in [6.45, 7) is 1.89. The normalized spacial score (nSPS) is 11.2. The van der Waals surface area contributed by atoms with Gasteiger partial charge in [0.25, 0.3) is 0 Å². The summed E-state index contributed by atoms with van der Waals surface area (Å²) in [6, 6.07) is 9.92. The Hall–Kier alpha value is -2.03. The van der Waals surface area contributed by atoms with Crippen molar-refractivity contribution in [1.29, 1.82) is 0 Å². The molecule has 0 amide bonds. The fourth-order valence-corrected chi connectivity index (χ4v) is 2.09. The molecule has 0 aliphatic carbocycles. The van der Waals surface area contributed by atoms with E-state index in [-0.39, 0.29) is 0 Å². The number of hydrogen-bond acceptors (Lipinski definition) is 1. The van der Waals surface area contributed by atoms with Gasteiger partial charge in [-0.05, 0) is 24.6 Å². The molecule has 0 bridgehead atoms. The molecular weight excluding hydrogens is 220 g/mol. The summed E-state index contributed by atoms with van der Waals surface area (Å²) in [7, 11) is 0. The Labute approximate surface area is 96.7 Å². The summed E-state index contributed by atoms with van der Waals surface area (Å²) in [5.41, 5.74) is 2.20. The third-order valence-corrected chi connectivity index (χ3v) is 2.99. The predicted molar refractivity (Wildman–Crippen MR) is 63.9 cm³/mol. The van der Waals surface area contributed by atoms with E-state index in [1.165, 1.54) is 6.07 Å². The molecular formula is C14H9F2N. The van der Waals surface area contributed by atoms with Crippen molar-refractivity contribution in [3.05, 3.63) is 53.6 Å². The molecule has 3 heteroatoms. The summed E-state index contributed by atoms with van der Waals surface area (Å²) in [5.74, 6) is -1.70. The Morgan fingerprint density at radius 1 is 0.882 bits per heavy atom. The van der Waals surface area contributed by atoms with Gasteiger partial charge in [0.1, 0.15) is 0 Å². The third kappa shape index (κ3) is 1.46. The van der Waals surface area contributed by atoms with Crippen molar-refractivity contribution >= 4 is 21.8 Å². The number of nitrogens with zero attached hydrogens (tertiary/aromatic N) is 1. The standard InChI is InChI=1S/C14H9F2N/c1-8-9-4-2-3-5-13(9)17-14-7-12(16)11(15)6-10(8)14/h2-7H,1H3. The van der Waals surface area contributed by atoms with Crippen molar-refractivity contribution in [2.75, 3.05) is 0 Å². The Morgan fingerprint density at radius 2 is 1.59 bits per heavy atom. The van der Waals surface area contributed by atoms with Crippen LogP contribution in [0.25, 0.3) is 21.8 Å². The summed E-state index contributed by atoms with van der Waals surface area (Å²) in [6.07, 6.45) is 0. The summed E-state index contributed by atoms with van der Waals surface area (Å²) in [5, 5.41) is 1.62. The molecule has 0 spiro atoms. The van der Waals surface area contributed by atoms with Gasteiger partial charge >= 0.3 is 0 Å². The molecule has 0 saturated heterocycles. The van der Waals surface area contributed by atoms with Gasteiger partial charge in [-0.1, -0.05) is 18.2 Å². The van der Waals surface area contributed by atoms with Crippen LogP contribution in [0, 0.1) is 18.6 Å². The maximum absolute atomic E-state index is 13.2. The van der Waals surface area contributed by atoms with Gasteiger partial charge in [0.15, 0.2) is 11.6 Å². The topological polar surface area (TPSA) is 12.9 Å². The molecule has 0 fully saturated rings. The van der Waals surface area contributed by atoms with Gasteiger partial charge in [0, 0.05) is 16.8 Å². The van der Waals surface area contributed by atoms with Crippen molar-refractivity contribution in [3.8, 4) is 0 Å². The number of rotatable bonds is 0. The van der Waals surface area contributed by atoms with Crippen LogP contribution in [0.1, 0.15) is 5.56 Å². The van der Waals surface area contributed by atoms with Gasteiger partial charge in [0.05, 0.1) is 11.0 Å². The van der Waals surface area contributed by atoms with Crippen LogP contribution in [0.3, 0.4) is 0 Å². The van der Waals surface area contributed by atoms with Crippen molar-refractivity contribution in [1.82, 2.24) is 4.98 Å². The van der Waals surface area contributed by atoms with E-state index in [4.69, 9.17) is 0 Å². The number of aryl methyl sites for hydroxylation is 1. The first-order chi connectivity index (χ1) is 8.16. The van der Waals surface area contributed by atoms with Crippen molar-refractivity contribution in [2.24, 2.45) is 0 Å². The number of fused-ring (bicyclic) bond motifs is 2. The van der Waals surface area contributed by atoms with Gasteiger partial charge in [-0.3, -0.25) is 0 Å². The Bertz CT molecular complexity index is 735. The average Bonchev–Trinajstić information content (AvgIpc) is 2.32. The average molecular weight is 229 g/mol. The summed E-state index contributed by atoms with van der Waals surface area (Å²) < 4.78 is 26.4. The molecule has 3 rings (SSSR count). The van der Waals surface area contributed by atoms with E-state index in [0.717, 1.165) is 22.5 Å². The molecule has 1 aromatic heterocycles. The van der Waals surface area contributed by atoms with Crippen LogP contribution in [0.2, 0.25) is 0 Å². The Morgan fingerprint density at radius 3 is 2.41 bits per heavy atom. The van der Waals surface area contributed by atoms with Crippen molar-refractivity contribution < 1.29 is 8.78 Å². The fraction of sp³-hybridized carbons (Fsp3) is 0.0714. The zero-order chi connectivity index (χ0) is 12.0. The van der Waals surface area contributed by atoms with Crippen LogP contribution in [-0.4, -0.2) is 4.98 Å².